The van der Waals surface area contributed by atoms with Crippen molar-refractivity contribution >= 4 is 34.2 Å². The molecule has 7 nitrogen and oxygen atoms in total. The Balaban J connectivity index is 1.33. The fraction of sp³-hybridized carbons (Fsp3) is 0.214. The molecule has 2 aromatic heterocycles. The van der Waals surface area contributed by atoms with Crippen molar-refractivity contribution in [2.24, 2.45) is 0 Å². The maximum Gasteiger partial charge on any atom is 0.323 e. The topological polar surface area (TPSA) is 96.4 Å². The number of aryl methyl sites for hydroxylation is 1. The molecule has 0 bridgehead atoms. The number of hydrogen-bond donors (Lipinski definition) is 3. The predicted molar refractivity (Wildman–Crippen MR) is 140 cm³/mol. The molecule has 0 spiro atoms. The summed E-state index contributed by atoms with van der Waals surface area (Å²) in [4.78, 5) is 19.1. The number of fused-ring (bicyclic) bond motifs is 1. The number of carbonyl (C=O) groups is 1. The van der Waals surface area contributed by atoms with E-state index < -0.39 is 0 Å². The van der Waals surface area contributed by atoms with Gasteiger partial charge in [0.25, 0.3) is 0 Å². The molecule has 1 aliphatic heterocycles. The molecule has 4 N–H and O–H groups in total. The number of anilines is 3. The van der Waals surface area contributed by atoms with Gasteiger partial charge in [0.05, 0.1) is 23.8 Å². The van der Waals surface area contributed by atoms with E-state index in [1.54, 1.807) is 12.5 Å². The van der Waals surface area contributed by atoms with Gasteiger partial charge in [-0.25, -0.2) is 9.78 Å². The molecular weight excluding hydrogens is 438 g/mol. The van der Waals surface area contributed by atoms with Crippen LogP contribution in [0.25, 0.3) is 22.1 Å². The first-order valence-corrected chi connectivity index (χ1v) is 11.7. The molecule has 4 aromatic rings. The van der Waals surface area contributed by atoms with Crippen LogP contribution >= 0.6 is 0 Å². The minimum atomic E-state index is -0.303. The first-order chi connectivity index (χ1) is 17.1. The summed E-state index contributed by atoms with van der Waals surface area (Å²) in [5, 5.41) is 6.44. The maximum absolute atomic E-state index is 12.4. The number of pyridine rings is 1. The average molecular weight is 466 g/mol. The summed E-state index contributed by atoms with van der Waals surface area (Å²) in [7, 11) is 0. The Labute approximate surface area is 204 Å². The Kier molecular flexibility index (Phi) is 6.38. The van der Waals surface area contributed by atoms with Gasteiger partial charge >= 0.3 is 6.03 Å². The minimum absolute atomic E-state index is 0.303. The van der Waals surface area contributed by atoms with Crippen molar-refractivity contribution in [3.05, 3.63) is 72.1 Å². The number of nitrogens with zero attached hydrogens (tertiary/aromatic N) is 2. The zero-order valence-corrected chi connectivity index (χ0v) is 19.6. The Hall–Kier alpha value is -4.28. The number of likely N-dealkylation sites (tertiary alicyclic amines) is 1. The molecule has 7 heteroatoms. The zero-order valence-electron chi connectivity index (χ0n) is 19.6. The second-order valence-corrected chi connectivity index (χ2v) is 8.72. The van der Waals surface area contributed by atoms with Crippen LogP contribution < -0.4 is 16.4 Å². The highest BCUT2D eigenvalue weighted by Crippen LogP contribution is 2.35. The lowest BCUT2D eigenvalue weighted by Crippen LogP contribution is -2.19. The smallest absolute Gasteiger partial charge is 0.323 e. The summed E-state index contributed by atoms with van der Waals surface area (Å²) >= 11 is 0. The molecule has 0 unspecified atom stereocenters. The van der Waals surface area contributed by atoms with Crippen LogP contribution in [0, 0.1) is 18.8 Å². The van der Waals surface area contributed by atoms with Gasteiger partial charge in [-0.15, -0.1) is 0 Å². The first kappa shape index (κ1) is 22.5. The highest BCUT2D eigenvalue weighted by atomic mass is 16.3. The van der Waals surface area contributed by atoms with Crippen LogP contribution in [0.1, 0.15) is 24.0 Å². The number of nitrogen functional groups attached to an aromatic ring is 1. The molecule has 0 atom stereocenters. The van der Waals surface area contributed by atoms with Crippen molar-refractivity contribution in [3.63, 3.8) is 0 Å². The van der Waals surface area contributed by atoms with E-state index in [1.165, 1.54) is 12.8 Å². The second kappa shape index (κ2) is 9.92. The number of benzene rings is 2. The number of urea groups is 1. The van der Waals surface area contributed by atoms with Crippen LogP contribution in [-0.2, 0) is 0 Å². The lowest BCUT2D eigenvalue weighted by Gasteiger charge is -2.09. The highest BCUT2D eigenvalue weighted by molar-refractivity contribution is 6.03. The van der Waals surface area contributed by atoms with E-state index >= 15 is 0 Å². The largest absolute Gasteiger partial charge is 0.462 e. The number of hydrogen-bond acceptors (Lipinski definition) is 5. The van der Waals surface area contributed by atoms with Gasteiger partial charge in [0.2, 0.25) is 0 Å². The summed E-state index contributed by atoms with van der Waals surface area (Å²) in [5.74, 6) is 6.84. The maximum atomic E-state index is 12.4. The SMILES string of the molecule is Cc1cccc(NC(=O)Nc2ccc(-c3coc4c(C#CCN5CCCC5)cnc(N)c34)cc2)c1. The van der Waals surface area contributed by atoms with E-state index in [4.69, 9.17) is 10.2 Å². The van der Waals surface area contributed by atoms with Crippen LogP contribution in [0.2, 0.25) is 0 Å². The van der Waals surface area contributed by atoms with E-state index in [0.29, 0.717) is 17.1 Å². The number of carbonyl (C=O) groups excluding carboxylic acids is 1. The Morgan fingerprint density at radius 2 is 1.89 bits per heavy atom. The molecule has 1 aliphatic rings. The van der Waals surface area contributed by atoms with Gasteiger partial charge in [-0.3, -0.25) is 4.90 Å². The summed E-state index contributed by atoms with van der Waals surface area (Å²) in [6, 6.07) is 14.9. The predicted octanol–water partition coefficient (Wildman–Crippen LogP) is 5.48. The lowest BCUT2D eigenvalue weighted by atomic mass is 10.0. The third-order valence-corrected chi connectivity index (χ3v) is 6.08. The standard InChI is InChI=1S/C28H27N5O2/c1-19-6-4-8-23(16-19)32-28(34)31-22-11-9-20(10-12-22)24-18-35-26-21(17-30-27(29)25(24)26)7-5-15-33-13-2-3-14-33/h4,6,8-12,16-18H,2-3,13-15H2,1H3,(H2,29,30)(H2,31,32,34). The van der Waals surface area contributed by atoms with Gasteiger partial charge in [-0.05, 0) is 68.2 Å². The summed E-state index contributed by atoms with van der Waals surface area (Å²) in [6.45, 7) is 4.93. The van der Waals surface area contributed by atoms with Crippen molar-refractivity contribution < 1.29 is 9.21 Å². The normalized spacial score (nSPS) is 13.4. The van der Waals surface area contributed by atoms with E-state index in [1.807, 2.05) is 55.5 Å². The lowest BCUT2D eigenvalue weighted by molar-refractivity contribution is 0.262. The van der Waals surface area contributed by atoms with Gasteiger partial charge in [0.15, 0.2) is 5.58 Å². The molecule has 0 aliphatic carbocycles. The summed E-state index contributed by atoms with van der Waals surface area (Å²) in [6.07, 6.45) is 5.83. The molecule has 35 heavy (non-hydrogen) atoms. The number of furan rings is 1. The Morgan fingerprint density at radius 1 is 1.11 bits per heavy atom. The van der Waals surface area contributed by atoms with Crippen molar-refractivity contribution in [2.45, 2.75) is 19.8 Å². The number of aromatic nitrogens is 1. The van der Waals surface area contributed by atoms with Crippen molar-refractivity contribution in [3.8, 4) is 23.0 Å². The zero-order chi connectivity index (χ0) is 24.2. The average Bonchev–Trinajstić information content (AvgIpc) is 3.52. The number of amides is 2. The van der Waals surface area contributed by atoms with Gasteiger partial charge in [-0.1, -0.05) is 36.1 Å². The van der Waals surface area contributed by atoms with Gasteiger partial charge in [-0.2, -0.15) is 0 Å². The second-order valence-electron chi connectivity index (χ2n) is 8.72. The van der Waals surface area contributed by atoms with Crippen LogP contribution in [0.3, 0.4) is 0 Å². The molecule has 2 amide bonds. The molecule has 0 saturated carbocycles. The summed E-state index contributed by atoms with van der Waals surface area (Å²) in [5.41, 5.74) is 11.8. The van der Waals surface area contributed by atoms with Crippen molar-refractivity contribution in [1.29, 1.82) is 0 Å². The van der Waals surface area contributed by atoms with E-state index in [9.17, 15) is 4.79 Å². The van der Waals surface area contributed by atoms with Crippen LogP contribution in [-0.4, -0.2) is 35.5 Å². The van der Waals surface area contributed by atoms with Crippen LogP contribution in [0.4, 0.5) is 22.0 Å². The highest BCUT2D eigenvalue weighted by Gasteiger charge is 2.16. The molecule has 5 rings (SSSR count). The fourth-order valence-corrected chi connectivity index (χ4v) is 4.31. The molecule has 3 heterocycles. The van der Waals surface area contributed by atoms with Crippen molar-refractivity contribution in [2.75, 3.05) is 36.0 Å². The van der Waals surface area contributed by atoms with E-state index in [-0.39, 0.29) is 6.03 Å². The van der Waals surface area contributed by atoms with Gasteiger partial charge in [0, 0.05) is 23.1 Å². The van der Waals surface area contributed by atoms with Crippen LogP contribution in [0.15, 0.2) is 65.4 Å². The third-order valence-electron chi connectivity index (χ3n) is 6.08. The molecular formula is C28H27N5O2. The fourth-order valence-electron chi connectivity index (χ4n) is 4.31. The Bertz CT molecular complexity index is 1420. The molecule has 176 valence electrons. The van der Waals surface area contributed by atoms with Gasteiger partial charge in [0.1, 0.15) is 5.82 Å². The monoisotopic (exact) mass is 465 g/mol. The quantitative estimate of drug-likeness (QED) is 0.347. The number of rotatable bonds is 4. The molecule has 0 radical (unpaired) electrons. The van der Waals surface area contributed by atoms with Crippen LogP contribution in [0.5, 0.6) is 0 Å². The van der Waals surface area contributed by atoms with Crippen molar-refractivity contribution in [1.82, 2.24) is 9.88 Å². The number of nitrogens with two attached hydrogens (primary N) is 1. The number of nitrogens with one attached hydrogen (secondary N) is 2. The first-order valence-electron chi connectivity index (χ1n) is 11.7. The third kappa shape index (κ3) is 5.13. The molecule has 2 aromatic carbocycles. The molecule has 1 fully saturated rings. The summed E-state index contributed by atoms with van der Waals surface area (Å²) < 4.78 is 5.89. The van der Waals surface area contributed by atoms with E-state index in [2.05, 4.69) is 32.4 Å². The van der Waals surface area contributed by atoms with Gasteiger partial charge < -0.3 is 20.8 Å². The Morgan fingerprint density at radius 3 is 2.66 bits per heavy atom. The van der Waals surface area contributed by atoms with E-state index in [0.717, 1.165) is 53.0 Å². The minimum Gasteiger partial charge on any atom is -0.462 e. The molecule has 1 saturated heterocycles.